The van der Waals surface area contributed by atoms with Gasteiger partial charge >= 0.3 is 6.09 Å². The number of hydrogen-bond donors (Lipinski definition) is 1. The summed E-state index contributed by atoms with van der Waals surface area (Å²) in [7, 11) is 0. The summed E-state index contributed by atoms with van der Waals surface area (Å²) in [4.78, 5) is 14.8. The maximum Gasteiger partial charge on any atom is 0.407 e. The van der Waals surface area contributed by atoms with Gasteiger partial charge in [0.1, 0.15) is 5.69 Å². The van der Waals surface area contributed by atoms with Crippen LogP contribution in [0.2, 0.25) is 0 Å². The predicted molar refractivity (Wildman–Crippen MR) is 96.1 cm³/mol. The molecule has 2 aromatic heterocycles. The van der Waals surface area contributed by atoms with Crippen LogP contribution in [-0.2, 0) is 6.54 Å². The second-order valence-electron chi connectivity index (χ2n) is 6.31. The summed E-state index contributed by atoms with van der Waals surface area (Å²) in [6, 6.07) is 13.7. The van der Waals surface area contributed by atoms with Crippen LogP contribution in [0.5, 0.6) is 0 Å². The van der Waals surface area contributed by atoms with Crippen LogP contribution in [-0.4, -0.2) is 57.0 Å². The van der Waals surface area contributed by atoms with Crippen molar-refractivity contribution in [3.8, 4) is 17.1 Å². The van der Waals surface area contributed by atoms with E-state index < -0.39 is 6.09 Å². The second kappa shape index (κ2) is 7.05. The van der Waals surface area contributed by atoms with E-state index in [2.05, 4.69) is 4.90 Å². The maximum absolute atomic E-state index is 11.1. The number of rotatable bonds is 4. The fourth-order valence-corrected chi connectivity index (χ4v) is 3.20. The monoisotopic (exact) mass is 352 g/mol. The Morgan fingerprint density at radius 3 is 2.50 bits per heavy atom. The van der Waals surface area contributed by atoms with Crippen LogP contribution in [0.15, 0.2) is 59.3 Å². The van der Waals surface area contributed by atoms with Crippen molar-refractivity contribution in [1.29, 1.82) is 0 Å². The van der Waals surface area contributed by atoms with Gasteiger partial charge in [-0.3, -0.25) is 4.90 Å². The minimum Gasteiger partial charge on any atom is -0.465 e. The van der Waals surface area contributed by atoms with Crippen LogP contribution in [0.4, 0.5) is 4.79 Å². The molecule has 0 spiro atoms. The first-order valence-electron chi connectivity index (χ1n) is 8.59. The van der Waals surface area contributed by atoms with Crippen molar-refractivity contribution in [2.75, 3.05) is 26.2 Å². The first-order valence-corrected chi connectivity index (χ1v) is 8.59. The molecule has 1 aromatic carbocycles. The Hall–Kier alpha value is -3.06. The van der Waals surface area contributed by atoms with E-state index in [0.29, 0.717) is 32.7 Å². The number of piperazine rings is 1. The molecule has 1 amide bonds. The summed E-state index contributed by atoms with van der Waals surface area (Å²) in [5.74, 6) is 0.735. The van der Waals surface area contributed by atoms with Crippen LogP contribution < -0.4 is 0 Å². The zero-order valence-electron chi connectivity index (χ0n) is 14.3. The first kappa shape index (κ1) is 16.4. The normalized spacial score (nSPS) is 15.3. The Balaban J connectivity index is 1.59. The molecule has 26 heavy (non-hydrogen) atoms. The van der Waals surface area contributed by atoms with E-state index in [4.69, 9.17) is 14.6 Å². The number of hydrogen-bond acceptors (Lipinski definition) is 4. The Bertz CT molecular complexity index is 866. The van der Waals surface area contributed by atoms with E-state index in [9.17, 15) is 4.79 Å². The van der Waals surface area contributed by atoms with Gasteiger partial charge in [-0.1, -0.05) is 18.2 Å². The van der Waals surface area contributed by atoms with E-state index in [0.717, 1.165) is 22.7 Å². The maximum atomic E-state index is 11.1. The van der Waals surface area contributed by atoms with Crippen molar-refractivity contribution in [3.05, 3.63) is 60.5 Å². The molecule has 3 heterocycles. The molecular formula is C19H20N4O3. The number of furan rings is 1. The zero-order chi connectivity index (χ0) is 17.9. The molecule has 1 aliphatic heterocycles. The molecule has 134 valence electrons. The summed E-state index contributed by atoms with van der Waals surface area (Å²) in [5, 5.41) is 13.8. The number of carbonyl (C=O) groups is 1. The van der Waals surface area contributed by atoms with Crippen molar-refractivity contribution < 1.29 is 14.3 Å². The second-order valence-corrected chi connectivity index (χ2v) is 6.31. The summed E-state index contributed by atoms with van der Waals surface area (Å²) in [6.07, 6.45) is 2.82. The first-order chi connectivity index (χ1) is 12.7. The summed E-state index contributed by atoms with van der Waals surface area (Å²) >= 11 is 0. The van der Waals surface area contributed by atoms with Gasteiger partial charge in [-0.05, 0) is 24.3 Å². The molecule has 0 aliphatic carbocycles. The zero-order valence-corrected chi connectivity index (χ0v) is 14.3. The number of aromatic nitrogens is 2. The number of carboxylic acid groups (broad SMARTS) is 1. The van der Waals surface area contributed by atoms with Gasteiger partial charge in [0.15, 0.2) is 5.76 Å². The summed E-state index contributed by atoms with van der Waals surface area (Å²) in [6.45, 7) is 3.17. The lowest BCUT2D eigenvalue weighted by Gasteiger charge is -2.32. The third-order valence-electron chi connectivity index (χ3n) is 4.60. The van der Waals surface area contributed by atoms with Gasteiger partial charge in [0.25, 0.3) is 0 Å². The van der Waals surface area contributed by atoms with Crippen molar-refractivity contribution in [1.82, 2.24) is 19.6 Å². The molecule has 1 aliphatic rings. The standard InChI is InChI=1S/C19H20N4O3/c24-19(25)22-10-8-21(9-11-22)13-15-14-23(16-5-2-1-3-6-16)20-18(15)17-7-4-12-26-17/h1-7,12,14H,8-11,13H2,(H,24,25). The van der Waals surface area contributed by atoms with Crippen LogP contribution in [0.1, 0.15) is 5.56 Å². The fourth-order valence-electron chi connectivity index (χ4n) is 3.20. The lowest BCUT2D eigenvalue weighted by atomic mass is 10.2. The molecule has 7 heteroatoms. The summed E-state index contributed by atoms with van der Waals surface area (Å²) < 4.78 is 7.43. The number of amides is 1. The molecular weight excluding hydrogens is 332 g/mol. The molecule has 0 unspecified atom stereocenters. The van der Waals surface area contributed by atoms with Crippen molar-refractivity contribution >= 4 is 6.09 Å². The van der Waals surface area contributed by atoms with Crippen LogP contribution in [0.3, 0.4) is 0 Å². The number of nitrogens with zero attached hydrogens (tertiary/aromatic N) is 4. The smallest absolute Gasteiger partial charge is 0.407 e. The topological polar surface area (TPSA) is 74.7 Å². The average Bonchev–Trinajstić information content (AvgIpc) is 3.32. The van der Waals surface area contributed by atoms with Crippen molar-refractivity contribution in [3.63, 3.8) is 0 Å². The molecule has 0 radical (unpaired) electrons. The van der Waals surface area contributed by atoms with E-state index in [1.54, 1.807) is 6.26 Å². The SMILES string of the molecule is O=C(O)N1CCN(Cc2cn(-c3ccccc3)nc2-c2ccco2)CC1. The minimum absolute atomic E-state index is 0.526. The van der Waals surface area contributed by atoms with E-state index in [-0.39, 0.29) is 0 Å². The molecule has 4 rings (SSSR count). The van der Waals surface area contributed by atoms with Crippen molar-refractivity contribution in [2.45, 2.75) is 6.54 Å². The highest BCUT2D eigenvalue weighted by Crippen LogP contribution is 2.25. The highest BCUT2D eigenvalue weighted by Gasteiger charge is 2.23. The van der Waals surface area contributed by atoms with Gasteiger partial charge in [-0.25, -0.2) is 9.48 Å². The lowest BCUT2D eigenvalue weighted by molar-refractivity contribution is 0.103. The van der Waals surface area contributed by atoms with Gasteiger partial charge in [0, 0.05) is 44.5 Å². The van der Waals surface area contributed by atoms with E-state index >= 15 is 0 Å². The Labute approximate surface area is 151 Å². The Kier molecular flexibility index (Phi) is 4.45. The molecule has 1 saturated heterocycles. The number of benzene rings is 1. The van der Waals surface area contributed by atoms with Crippen LogP contribution in [0, 0.1) is 0 Å². The average molecular weight is 352 g/mol. The Morgan fingerprint density at radius 1 is 1.08 bits per heavy atom. The highest BCUT2D eigenvalue weighted by atomic mass is 16.4. The molecule has 0 saturated carbocycles. The third kappa shape index (κ3) is 3.34. The van der Waals surface area contributed by atoms with Crippen LogP contribution >= 0.6 is 0 Å². The van der Waals surface area contributed by atoms with Gasteiger partial charge in [0.05, 0.1) is 12.0 Å². The molecule has 1 fully saturated rings. The quantitative estimate of drug-likeness (QED) is 0.781. The summed E-state index contributed by atoms with van der Waals surface area (Å²) in [5.41, 5.74) is 2.87. The van der Waals surface area contributed by atoms with Crippen LogP contribution in [0.25, 0.3) is 17.1 Å². The van der Waals surface area contributed by atoms with Gasteiger partial charge in [-0.15, -0.1) is 0 Å². The highest BCUT2D eigenvalue weighted by molar-refractivity contribution is 5.65. The van der Waals surface area contributed by atoms with Gasteiger partial charge < -0.3 is 14.4 Å². The molecule has 0 atom stereocenters. The molecule has 0 bridgehead atoms. The largest absolute Gasteiger partial charge is 0.465 e. The lowest BCUT2D eigenvalue weighted by Crippen LogP contribution is -2.47. The fraction of sp³-hybridized carbons (Fsp3) is 0.263. The predicted octanol–water partition coefficient (Wildman–Crippen LogP) is 2.93. The molecule has 1 N–H and O–H groups in total. The minimum atomic E-state index is -0.849. The third-order valence-corrected chi connectivity index (χ3v) is 4.60. The Morgan fingerprint density at radius 2 is 1.85 bits per heavy atom. The van der Waals surface area contributed by atoms with Crippen molar-refractivity contribution in [2.24, 2.45) is 0 Å². The van der Waals surface area contributed by atoms with Gasteiger partial charge in [0.2, 0.25) is 0 Å². The molecule has 3 aromatic rings. The molecule has 7 nitrogen and oxygen atoms in total. The van der Waals surface area contributed by atoms with E-state index in [1.807, 2.05) is 53.3 Å². The van der Waals surface area contributed by atoms with Gasteiger partial charge in [-0.2, -0.15) is 5.10 Å². The number of para-hydroxylation sites is 1. The van der Waals surface area contributed by atoms with E-state index in [1.165, 1.54) is 4.90 Å².